The first-order valence-electron chi connectivity index (χ1n) is 5.15. The summed E-state index contributed by atoms with van der Waals surface area (Å²) in [6.07, 6.45) is 1.18. The van der Waals surface area contributed by atoms with Crippen molar-refractivity contribution in [3.05, 3.63) is 28.2 Å². The van der Waals surface area contributed by atoms with E-state index in [-0.39, 0.29) is 17.7 Å². The fourth-order valence-corrected chi connectivity index (χ4v) is 1.16. The SMILES string of the molecule is O=C(O)CCCCNC(=O)c1ccc(=O)[nH]n1. The Hall–Kier alpha value is -2.18. The maximum Gasteiger partial charge on any atom is 0.303 e. The predicted octanol–water partition coefficient (Wildman–Crippen LogP) is -0.245. The highest BCUT2D eigenvalue weighted by Gasteiger charge is 2.06. The Bertz CT molecular complexity index is 435. The Morgan fingerprint density at radius 1 is 1.35 bits per heavy atom. The van der Waals surface area contributed by atoms with Gasteiger partial charge in [0.1, 0.15) is 5.69 Å². The van der Waals surface area contributed by atoms with Crippen LogP contribution >= 0.6 is 0 Å². The smallest absolute Gasteiger partial charge is 0.303 e. The van der Waals surface area contributed by atoms with Gasteiger partial charge in [-0.15, -0.1) is 0 Å². The third kappa shape index (κ3) is 4.92. The molecule has 0 saturated heterocycles. The highest BCUT2D eigenvalue weighted by molar-refractivity contribution is 5.91. The second-order valence-corrected chi connectivity index (χ2v) is 3.41. The van der Waals surface area contributed by atoms with Gasteiger partial charge >= 0.3 is 5.97 Å². The number of aliphatic carboxylic acids is 1. The van der Waals surface area contributed by atoms with Crippen molar-refractivity contribution in [3.63, 3.8) is 0 Å². The van der Waals surface area contributed by atoms with E-state index < -0.39 is 11.9 Å². The number of amides is 1. The molecule has 0 atom stereocenters. The molecule has 0 fully saturated rings. The minimum absolute atomic E-state index is 0.0901. The lowest BCUT2D eigenvalue weighted by Crippen LogP contribution is -2.26. The van der Waals surface area contributed by atoms with E-state index in [1.807, 2.05) is 0 Å². The van der Waals surface area contributed by atoms with Gasteiger partial charge in [0, 0.05) is 19.0 Å². The minimum Gasteiger partial charge on any atom is -0.481 e. The molecule has 92 valence electrons. The molecule has 1 aromatic rings. The molecule has 0 radical (unpaired) electrons. The monoisotopic (exact) mass is 239 g/mol. The van der Waals surface area contributed by atoms with Crippen LogP contribution < -0.4 is 10.9 Å². The van der Waals surface area contributed by atoms with Crippen molar-refractivity contribution in [1.29, 1.82) is 0 Å². The number of carbonyl (C=O) groups excluding carboxylic acids is 1. The van der Waals surface area contributed by atoms with Crippen LogP contribution in [0.15, 0.2) is 16.9 Å². The largest absolute Gasteiger partial charge is 0.481 e. The summed E-state index contributed by atoms with van der Waals surface area (Å²) < 4.78 is 0. The summed E-state index contributed by atoms with van der Waals surface area (Å²) in [5.41, 5.74) is -0.245. The first-order valence-corrected chi connectivity index (χ1v) is 5.15. The third-order valence-corrected chi connectivity index (χ3v) is 2.01. The maximum atomic E-state index is 11.4. The molecule has 3 N–H and O–H groups in total. The summed E-state index contributed by atoms with van der Waals surface area (Å²) in [6, 6.07) is 2.54. The number of carboxylic acid groups (broad SMARTS) is 1. The molecule has 0 aromatic carbocycles. The summed E-state index contributed by atoms with van der Waals surface area (Å²) in [5.74, 6) is -1.24. The van der Waals surface area contributed by atoms with E-state index in [1.165, 1.54) is 12.1 Å². The number of nitrogens with one attached hydrogen (secondary N) is 2. The van der Waals surface area contributed by atoms with E-state index in [4.69, 9.17) is 5.11 Å². The van der Waals surface area contributed by atoms with Crippen LogP contribution in [0.5, 0.6) is 0 Å². The Kier molecular flexibility index (Phi) is 4.86. The fraction of sp³-hybridized carbons (Fsp3) is 0.400. The summed E-state index contributed by atoms with van der Waals surface area (Å²) >= 11 is 0. The van der Waals surface area contributed by atoms with E-state index in [1.54, 1.807) is 0 Å². The Labute approximate surface area is 96.9 Å². The van der Waals surface area contributed by atoms with Gasteiger partial charge in [-0.3, -0.25) is 14.4 Å². The summed E-state index contributed by atoms with van der Waals surface area (Å²) in [4.78, 5) is 32.4. The lowest BCUT2D eigenvalue weighted by molar-refractivity contribution is -0.137. The van der Waals surface area contributed by atoms with Crippen molar-refractivity contribution in [1.82, 2.24) is 15.5 Å². The van der Waals surface area contributed by atoms with Gasteiger partial charge in [0.2, 0.25) is 0 Å². The van der Waals surface area contributed by atoms with Crippen molar-refractivity contribution in [2.75, 3.05) is 6.54 Å². The van der Waals surface area contributed by atoms with Crippen LogP contribution in [0, 0.1) is 0 Å². The highest BCUT2D eigenvalue weighted by atomic mass is 16.4. The molecular weight excluding hydrogens is 226 g/mol. The zero-order valence-corrected chi connectivity index (χ0v) is 9.10. The number of carbonyl (C=O) groups is 2. The molecule has 1 amide bonds. The van der Waals surface area contributed by atoms with Crippen LogP contribution in [0.25, 0.3) is 0 Å². The first-order chi connectivity index (χ1) is 8.09. The molecule has 1 rings (SSSR count). The first kappa shape index (κ1) is 12.9. The summed E-state index contributed by atoms with van der Waals surface area (Å²) in [5, 5.41) is 16.7. The van der Waals surface area contributed by atoms with Crippen molar-refractivity contribution in [3.8, 4) is 0 Å². The van der Waals surface area contributed by atoms with Gasteiger partial charge in [-0.1, -0.05) is 0 Å². The van der Waals surface area contributed by atoms with Crippen LogP contribution in [-0.4, -0.2) is 33.7 Å². The number of rotatable bonds is 6. The quantitative estimate of drug-likeness (QED) is 0.593. The lowest BCUT2D eigenvalue weighted by atomic mass is 10.2. The molecule has 0 spiro atoms. The second-order valence-electron chi connectivity index (χ2n) is 3.41. The van der Waals surface area contributed by atoms with E-state index in [0.717, 1.165) is 0 Å². The van der Waals surface area contributed by atoms with Gasteiger partial charge in [-0.05, 0) is 18.9 Å². The number of carboxylic acids is 1. The molecule has 0 saturated carbocycles. The Morgan fingerprint density at radius 2 is 2.12 bits per heavy atom. The van der Waals surface area contributed by atoms with E-state index >= 15 is 0 Å². The second kappa shape index (κ2) is 6.41. The molecule has 7 nitrogen and oxygen atoms in total. The normalized spacial score (nSPS) is 9.88. The molecule has 0 aliphatic carbocycles. The molecule has 17 heavy (non-hydrogen) atoms. The van der Waals surface area contributed by atoms with Crippen molar-refractivity contribution in [2.45, 2.75) is 19.3 Å². The van der Waals surface area contributed by atoms with Crippen LogP contribution in [0.4, 0.5) is 0 Å². The number of H-pyrrole nitrogens is 1. The average molecular weight is 239 g/mol. The molecule has 1 aromatic heterocycles. The van der Waals surface area contributed by atoms with Gasteiger partial charge in [-0.25, -0.2) is 5.10 Å². The topological polar surface area (TPSA) is 112 Å². The van der Waals surface area contributed by atoms with E-state index in [9.17, 15) is 14.4 Å². The molecule has 0 aliphatic rings. The molecule has 7 heteroatoms. The van der Waals surface area contributed by atoms with E-state index in [0.29, 0.717) is 19.4 Å². The van der Waals surface area contributed by atoms with Crippen LogP contribution in [0.1, 0.15) is 29.8 Å². The number of hydrogen-bond donors (Lipinski definition) is 3. The van der Waals surface area contributed by atoms with Crippen LogP contribution in [0.3, 0.4) is 0 Å². The van der Waals surface area contributed by atoms with Gasteiger partial charge in [0.05, 0.1) is 0 Å². The predicted molar refractivity (Wildman–Crippen MR) is 58.7 cm³/mol. The van der Waals surface area contributed by atoms with E-state index in [2.05, 4.69) is 15.5 Å². The van der Waals surface area contributed by atoms with Crippen LogP contribution in [-0.2, 0) is 4.79 Å². The van der Waals surface area contributed by atoms with Crippen LogP contribution in [0.2, 0.25) is 0 Å². The van der Waals surface area contributed by atoms with Gasteiger partial charge < -0.3 is 10.4 Å². The molecule has 1 heterocycles. The van der Waals surface area contributed by atoms with Crippen molar-refractivity contribution >= 4 is 11.9 Å². The number of aromatic nitrogens is 2. The maximum absolute atomic E-state index is 11.4. The van der Waals surface area contributed by atoms with Crippen molar-refractivity contribution in [2.24, 2.45) is 0 Å². The molecular formula is C10H13N3O4. The zero-order chi connectivity index (χ0) is 12.7. The highest BCUT2D eigenvalue weighted by Crippen LogP contribution is 1.94. The number of nitrogens with zero attached hydrogens (tertiary/aromatic N) is 1. The van der Waals surface area contributed by atoms with Gasteiger partial charge in [0.25, 0.3) is 11.5 Å². The summed E-state index contributed by atoms with van der Waals surface area (Å²) in [6.45, 7) is 0.382. The molecule has 0 unspecified atom stereocenters. The minimum atomic E-state index is -0.848. The summed E-state index contributed by atoms with van der Waals surface area (Å²) in [7, 11) is 0. The average Bonchev–Trinajstić information content (AvgIpc) is 2.29. The number of hydrogen-bond acceptors (Lipinski definition) is 4. The fourth-order valence-electron chi connectivity index (χ4n) is 1.16. The molecule has 0 aliphatic heterocycles. The van der Waals surface area contributed by atoms with Gasteiger partial charge in [0.15, 0.2) is 0 Å². The number of aromatic amines is 1. The van der Waals surface area contributed by atoms with Crippen molar-refractivity contribution < 1.29 is 14.7 Å². The Balaban J connectivity index is 2.28. The number of unbranched alkanes of at least 4 members (excludes halogenated alkanes) is 1. The lowest BCUT2D eigenvalue weighted by Gasteiger charge is -2.02. The third-order valence-electron chi connectivity index (χ3n) is 2.01. The zero-order valence-electron chi connectivity index (χ0n) is 9.10. The standard InChI is InChI=1S/C10H13N3O4/c14-8-5-4-7(12-13-8)10(17)11-6-2-1-3-9(15)16/h4-5H,1-3,6H2,(H,11,17)(H,13,14)(H,15,16). The molecule has 0 bridgehead atoms. The van der Waals surface area contributed by atoms with Gasteiger partial charge in [-0.2, -0.15) is 5.10 Å². The Morgan fingerprint density at radius 3 is 2.71 bits per heavy atom.